The molecular weight excluding hydrogens is 180 g/mol. The molecule has 0 spiro atoms. The smallest absolute Gasteiger partial charge is 0.160 e. The average molecular weight is 194 g/mol. The van der Waals surface area contributed by atoms with Gasteiger partial charge in [0.25, 0.3) is 0 Å². The van der Waals surface area contributed by atoms with E-state index in [4.69, 9.17) is 5.84 Å². The standard InChI is InChI=1S/C8H14N6/c9-13-7-5-11-6-8(12-7)14-3-1-10-2-4-14/h5-6,10H,1-4,9H2,(H,12,13). The zero-order valence-electron chi connectivity index (χ0n) is 7.90. The quantitative estimate of drug-likeness (QED) is 0.421. The zero-order valence-corrected chi connectivity index (χ0v) is 7.90. The van der Waals surface area contributed by atoms with Gasteiger partial charge in [0.15, 0.2) is 5.82 Å². The number of hydrazine groups is 1. The highest BCUT2D eigenvalue weighted by atomic mass is 15.3. The van der Waals surface area contributed by atoms with Gasteiger partial charge < -0.3 is 15.6 Å². The first kappa shape index (κ1) is 9.17. The fourth-order valence-electron chi connectivity index (χ4n) is 1.47. The minimum atomic E-state index is 0.598. The number of nitrogens with zero attached hydrogens (tertiary/aromatic N) is 3. The van der Waals surface area contributed by atoms with Crippen molar-refractivity contribution in [2.45, 2.75) is 0 Å². The lowest BCUT2D eigenvalue weighted by Gasteiger charge is -2.28. The van der Waals surface area contributed by atoms with Crippen molar-refractivity contribution in [1.82, 2.24) is 15.3 Å². The lowest BCUT2D eigenvalue weighted by atomic mass is 10.3. The largest absolute Gasteiger partial charge is 0.353 e. The van der Waals surface area contributed by atoms with Gasteiger partial charge >= 0.3 is 0 Å². The summed E-state index contributed by atoms with van der Waals surface area (Å²) in [5, 5.41) is 3.28. The monoisotopic (exact) mass is 194 g/mol. The summed E-state index contributed by atoms with van der Waals surface area (Å²) in [7, 11) is 0. The fourth-order valence-corrected chi connectivity index (χ4v) is 1.47. The highest BCUT2D eigenvalue weighted by molar-refractivity contribution is 5.43. The molecule has 0 unspecified atom stereocenters. The predicted octanol–water partition coefficient (Wildman–Crippen LogP) is -0.828. The normalized spacial score (nSPS) is 16.8. The SMILES string of the molecule is NNc1cncc(N2CCNCC2)n1. The van der Waals surface area contributed by atoms with Crippen molar-refractivity contribution in [1.29, 1.82) is 0 Å². The molecule has 1 aromatic heterocycles. The molecule has 1 fully saturated rings. The van der Waals surface area contributed by atoms with Crippen LogP contribution in [0.15, 0.2) is 12.4 Å². The number of rotatable bonds is 2. The van der Waals surface area contributed by atoms with Crippen LogP contribution < -0.4 is 21.5 Å². The van der Waals surface area contributed by atoms with Gasteiger partial charge in [-0.3, -0.25) is 4.98 Å². The van der Waals surface area contributed by atoms with Gasteiger partial charge in [-0.15, -0.1) is 0 Å². The maximum absolute atomic E-state index is 5.26. The van der Waals surface area contributed by atoms with E-state index < -0.39 is 0 Å². The van der Waals surface area contributed by atoms with Gasteiger partial charge in [0, 0.05) is 26.2 Å². The van der Waals surface area contributed by atoms with Crippen LogP contribution in [0.25, 0.3) is 0 Å². The van der Waals surface area contributed by atoms with Crippen LogP contribution in [0, 0.1) is 0 Å². The molecule has 14 heavy (non-hydrogen) atoms. The summed E-state index contributed by atoms with van der Waals surface area (Å²) in [6, 6.07) is 0. The molecule has 0 saturated carbocycles. The van der Waals surface area contributed by atoms with Gasteiger partial charge in [-0.1, -0.05) is 0 Å². The van der Waals surface area contributed by atoms with E-state index in [0.29, 0.717) is 5.82 Å². The van der Waals surface area contributed by atoms with Crippen molar-refractivity contribution < 1.29 is 0 Å². The molecule has 6 nitrogen and oxygen atoms in total. The van der Waals surface area contributed by atoms with Crippen LogP contribution in [-0.2, 0) is 0 Å². The summed E-state index contributed by atoms with van der Waals surface area (Å²) < 4.78 is 0. The first-order valence-electron chi connectivity index (χ1n) is 4.64. The van der Waals surface area contributed by atoms with Crippen LogP contribution in [0.3, 0.4) is 0 Å². The zero-order chi connectivity index (χ0) is 9.80. The Bertz CT molecular complexity index is 296. The van der Waals surface area contributed by atoms with Gasteiger partial charge in [0.05, 0.1) is 12.4 Å². The Hall–Kier alpha value is -1.40. The molecule has 0 aromatic carbocycles. The topological polar surface area (TPSA) is 79.1 Å². The number of nitrogens with two attached hydrogens (primary N) is 1. The van der Waals surface area contributed by atoms with Gasteiger partial charge in [-0.05, 0) is 0 Å². The van der Waals surface area contributed by atoms with Crippen molar-refractivity contribution in [3.8, 4) is 0 Å². The van der Waals surface area contributed by atoms with Gasteiger partial charge in [-0.25, -0.2) is 10.8 Å². The molecule has 0 amide bonds. The molecule has 2 rings (SSSR count). The third-order valence-corrected chi connectivity index (χ3v) is 2.21. The molecule has 6 heteroatoms. The summed E-state index contributed by atoms with van der Waals surface area (Å²) in [5.74, 6) is 6.74. The Morgan fingerprint density at radius 1 is 1.36 bits per heavy atom. The molecule has 0 atom stereocenters. The van der Waals surface area contributed by atoms with Crippen molar-refractivity contribution in [2.24, 2.45) is 5.84 Å². The molecular formula is C8H14N6. The van der Waals surface area contributed by atoms with Gasteiger partial charge in [0.2, 0.25) is 0 Å². The molecule has 2 heterocycles. The summed E-state index contributed by atoms with van der Waals surface area (Å²) in [6.07, 6.45) is 3.36. The molecule has 4 N–H and O–H groups in total. The number of hydrogen-bond donors (Lipinski definition) is 3. The second-order valence-electron chi connectivity index (χ2n) is 3.14. The molecule has 76 valence electrons. The van der Waals surface area contributed by atoms with E-state index >= 15 is 0 Å². The Balaban J connectivity index is 2.13. The highest BCUT2D eigenvalue weighted by Gasteiger charge is 2.11. The summed E-state index contributed by atoms with van der Waals surface area (Å²) in [5.41, 5.74) is 2.49. The van der Waals surface area contributed by atoms with E-state index in [1.165, 1.54) is 0 Å². The molecule has 1 aromatic rings. The second kappa shape index (κ2) is 4.21. The van der Waals surface area contributed by atoms with Crippen LogP contribution in [-0.4, -0.2) is 36.1 Å². The molecule has 0 bridgehead atoms. The highest BCUT2D eigenvalue weighted by Crippen LogP contribution is 2.11. The Labute approximate surface area is 82.5 Å². The van der Waals surface area contributed by atoms with Gasteiger partial charge in [-0.2, -0.15) is 0 Å². The summed E-state index contributed by atoms with van der Waals surface area (Å²) >= 11 is 0. The second-order valence-corrected chi connectivity index (χ2v) is 3.14. The summed E-state index contributed by atoms with van der Waals surface area (Å²) in [4.78, 5) is 10.6. The third-order valence-electron chi connectivity index (χ3n) is 2.21. The van der Waals surface area contributed by atoms with Crippen LogP contribution in [0.1, 0.15) is 0 Å². The van der Waals surface area contributed by atoms with Crippen molar-refractivity contribution in [3.05, 3.63) is 12.4 Å². The molecule has 1 aliphatic heterocycles. The minimum absolute atomic E-state index is 0.598. The van der Waals surface area contributed by atoms with Crippen LogP contribution in [0.4, 0.5) is 11.6 Å². The number of nitrogens with one attached hydrogen (secondary N) is 2. The van der Waals surface area contributed by atoms with Crippen molar-refractivity contribution in [2.75, 3.05) is 36.5 Å². The Kier molecular flexibility index (Phi) is 2.76. The van der Waals surface area contributed by atoms with Crippen molar-refractivity contribution >= 4 is 11.6 Å². The first-order chi connectivity index (χ1) is 6.90. The van der Waals surface area contributed by atoms with E-state index in [1.807, 2.05) is 0 Å². The van der Waals surface area contributed by atoms with E-state index in [9.17, 15) is 0 Å². The number of nitrogen functional groups attached to an aromatic ring is 1. The maximum Gasteiger partial charge on any atom is 0.160 e. The van der Waals surface area contributed by atoms with E-state index in [1.54, 1.807) is 12.4 Å². The molecule has 0 aliphatic carbocycles. The average Bonchev–Trinajstić information content (AvgIpc) is 2.30. The lowest BCUT2D eigenvalue weighted by Crippen LogP contribution is -2.44. The van der Waals surface area contributed by atoms with Gasteiger partial charge in [0.1, 0.15) is 5.82 Å². The predicted molar refractivity (Wildman–Crippen MR) is 54.9 cm³/mol. The van der Waals surface area contributed by atoms with Crippen LogP contribution >= 0.6 is 0 Å². The third kappa shape index (κ3) is 1.91. The van der Waals surface area contributed by atoms with Crippen LogP contribution in [0.2, 0.25) is 0 Å². The van der Waals surface area contributed by atoms with E-state index in [-0.39, 0.29) is 0 Å². The summed E-state index contributed by atoms with van der Waals surface area (Å²) in [6.45, 7) is 3.90. The number of anilines is 2. The Morgan fingerprint density at radius 3 is 2.86 bits per heavy atom. The number of hydrogen-bond acceptors (Lipinski definition) is 6. The number of aromatic nitrogens is 2. The first-order valence-corrected chi connectivity index (χ1v) is 4.64. The van der Waals surface area contributed by atoms with Crippen molar-refractivity contribution in [3.63, 3.8) is 0 Å². The number of piperazine rings is 1. The Morgan fingerprint density at radius 2 is 2.14 bits per heavy atom. The molecule has 1 aliphatic rings. The van der Waals surface area contributed by atoms with E-state index in [0.717, 1.165) is 32.0 Å². The fraction of sp³-hybridized carbons (Fsp3) is 0.500. The molecule has 1 saturated heterocycles. The maximum atomic E-state index is 5.26. The minimum Gasteiger partial charge on any atom is -0.353 e. The lowest BCUT2D eigenvalue weighted by molar-refractivity contribution is 0.584. The molecule has 0 radical (unpaired) electrons. The van der Waals surface area contributed by atoms with E-state index in [2.05, 4.69) is 25.6 Å². The van der Waals surface area contributed by atoms with Crippen LogP contribution in [0.5, 0.6) is 0 Å².